The zero-order valence-electron chi connectivity index (χ0n) is 11.9. The summed E-state index contributed by atoms with van der Waals surface area (Å²) in [6.07, 6.45) is 3.42. The van der Waals surface area contributed by atoms with Crippen LogP contribution in [0.15, 0.2) is 24.5 Å². The third-order valence-corrected chi connectivity index (χ3v) is 3.06. The molecule has 1 aromatic carbocycles. The van der Waals surface area contributed by atoms with E-state index in [1.165, 1.54) is 0 Å². The van der Waals surface area contributed by atoms with E-state index in [2.05, 4.69) is 15.2 Å². The number of carbonyl (C=O) groups is 1. The van der Waals surface area contributed by atoms with Crippen molar-refractivity contribution in [2.24, 2.45) is 7.05 Å². The first-order valence-corrected chi connectivity index (χ1v) is 6.24. The van der Waals surface area contributed by atoms with Gasteiger partial charge < -0.3 is 10.1 Å². The van der Waals surface area contributed by atoms with Crippen molar-refractivity contribution in [3.8, 4) is 0 Å². The first kappa shape index (κ1) is 15.0. The van der Waals surface area contributed by atoms with Crippen molar-refractivity contribution in [2.45, 2.75) is 13.0 Å². The number of benzene rings is 1. The van der Waals surface area contributed by atoms with Gasteiger partial charge in [-0.15, -0.1) is 0 Å². The summed E-state index contributed by atoms with van der Waals surface area (Å²) in [4.78, 5) is 11.4. The number of nitrogens with zero attached hydrogens (tertiary/aromatic N) is 2. The van der Waals surface area contributed by atoms with Gasteiger partial charge in [-0.25, -0.2) is 13.6 Å². The minimum absolute atomic E-state index is 0.0214. The molecule has 1 atom stereocenters. The fourth-order valence-corrected chi connectivity index (χ4v) is 1.91. The Morgan fingerprint density at radius 1 is 1.38 bits per heavy atom. The summed E-state index contributed by atoms with van der Waals surface area (Å²) in [6, 6.07) is 1.50. The Morgan fingerprint density at radius 3 is 2.67 bits per heavy atom. The second-order valence-corrected chi connectivity index (χ2v) is 4.62. The molecule has 0 radical (unpaired) electrons. The maximum atomic E-state index is 13.8. The van der Waals surface area contributed by atoms with Crippen LogP contribution in [0.2, 0.25) is 0 Å². The lowest BCUT2D eigenvalue weighted by Gasteiger charge is -2.15. The van der Waals surface area contributed by atoms with Crippen LogP contribution >= 0.6 is 0 Å². The minimum atomic E-state index is -0.959. The van der Waals surface area contributed by atoms with Gasteiger partial charge in [0.1, 0.15) is 11.6 Å². The fourth-order valence-electron chi connectivity index (χ4n) is 1.91. The highest BCUT2D eigenvalue weighted by Crippen LogP contribution is 2.24. The average Bonchev–Trinajstić information content (AvgIpc) is 2.87. The highest BCUT2D eigenvalue weighted by Gasteiger charge is 2.18. The predicted octanol–water partition coefficient (Wildman–Crippen LogP) is 2.66. The molecule has 1 N–H and O–H groups in total. The number of ether oxygens (including phenoxy) is 1. The van der Waals surface area contributed by atoms with Gasteiger partial charge in [0, 0.05) is 24.9 Å². The summed E-state index contributed by atoms with van der Waals surface area (Å²) in [5, 5.41) is 6.91. The Morgan fingerprint density at radius 2 is 2.10 bits per heavy atom. The Labute approximate surface area is 120 Å². The Hall–Kier alpha value is -2.44. The molecule has 0 aliphatic heterocycles. The molecule has 0 saturated heterocycles. The van der Waals surface area contributed by atoms with Gasteiger partial charge in [0.15, 0.2) is 0 Å². The number of aromatic nitrogens is 2. The van der Waals surface area contributed by atoms with Crippen molar-refractivity contribution in [3.05, 3.63) is 47.3 Å². The lowest BCUT2D eigenvalue weighted by molar-refractivity contribution is 0.0595. The van der Waals surface area contributed by atoms with E-state index in [1.807, 2.05) is 0 Å². The van der Waals surface area contributed by atoms with Gasteiger partial charge in [0.05, 0.1) is 30.6 Å². The standard InChI is InChI=1S/C14H15F2N3O2/c1-8(9-6-17-19(2)7-9)18-13-4-10(14(20)21-3)11(15)5-12(13)16/h4-8,18H,1-3H3. The van der Waals surface area contributed by atoms with Crippen LogP contribution in [-0.4, -0.2) is 22.9 Å². The van der Waals surface area contributed by atoms with Gasteiger partial charge in [-0.1, -0.05) is 0 Å². The first-order valence-electron chi connectivity index (χ1n) is 6.24. The molecule has 0 bridgehead atoms. The van der Waals surface area contributed by atoms with Crippen molar-refractivity contribution >= 4 is 11.7 Å². The number of hydrogen-bond acceptors (Lipinski definition) is 4. The molecule has 0 amide bonds. The smallest absolute Gasteiger partial charge is 0.340 e. The van der Waals surface area contributed by atoms with Crippen molar-refractivity contribution < 1.29 is 18.3 Å². The number of carbonyl (C=O) groups excluding carboxylic acids is 1. The van der Waals surface area contributed by atoms with E-state index in [4.69, 9.17) is 0 Å². The maximum Gasteiger partial charge on any atom is 0.340 e. The minimum Gasteiger partial charge on any atom is -0.465 e. The van der Waals surface area contributed by atoms with E-state index in [9.17, 15) is 13.6 Å². The largest absolute Gasteiger partial charge is 0.465 e. The van der Waals surface area contributed by atoms with E-state index < -0.39 is 17.6 Å². The third-order valence-electron chi connectivity index (χ3n) is 3.06. The topological polar surface area (TPSA) is 56.1 Å². The van der Waals surface area contributed by atoms with Crippen molar-refractivity contribution in [1.82, 2.24) is 9.78 Å². The van der Waals surface area contributed by atoms with Crippen molar-refractivity contribution in [2.75, 3.05) is 12.4 Å². The van der Waals surface area contributed by atoms with Crippen LogP contribution in [-0.2, 0) is 11.8 Å². The molecule has 5 nitrogen and oxygen atoms in total. The summed E-state index contributed by atoms with van der Waals surface area (Å²) >= 11 is 0. The van der Waals surface area contributed by atoms with Gasteiger partial charge in [0.25, 0.3) is 0 Å². The molecular weight excluding hydrogens is 280 g/mol. The molecule has 2 aromatic rings. The molecule has 1 aromatic heterocycles. The highest BCUT2D eigenvalue weighted by molar-refractivity contribution is 5.90. The van der Waals surface area contributed by atoms with Crippen LogP contribution in [0, 0.1) is 11.6 Å². The number of hydrogen-bond donors (Lipinski definition) is 1. The number of halogens is 2. The summed E-state index contributed by atoms with van der Waals surface area (Å²) in [7, 11) is 2.90. The lowest BCUT2D eigenvalue weighted by atomic mass is 10.1. The van der Waals surface area contributed by atoms with E-state index >= 15 is 0 Å². The molecule has 0 aliphatic carbocycles. The van der Waals surface area contributed by atoms with Gasteiger partial charge in [-0.3, -0.25) is 4.68 Å². The lowest BCUT2D eigenvalue weighted by Crippen LogP contribution is -2.11. The highest BCUT2D eigenvalue weighted by atomic mass is 19.1. The molecule has 1 heterocycles. The molecule has 0 aliphatic rings. The molecule has 112 valence electrons. The number of esters is 1. The molecule has 0 saturated carbocycles. The van der Waals surface area contributed by atoms with Crippen LogP contribution < -0.4 is 5.32 Å². The van der Waals surface area contributed by atoms with Crippen molar-refractivity contribution in [3.63, 3.8) is 0 Å². The molecule has 7 heteroatoms. The molecular formula is C14H15F2N3O2. The fraction of sp³-hybridized carbons (Fsp3) is 0.286. The maximum absolute atomic E-state index is 13.8. The number of anilines is 1. The number of methoxy groups -OCH3 is 1. The van der Waals surface area contributed by atoms with Crippen LogP contribution in [0.25, 0.3) is 0 Å². The van der Waals surface area contributed by atoms with Gasteiger partial charge >= 0.3 is 5.97 Å². The second-order valence-electron chi connectivity index (χ2n) is 4.62. The summed E-state index contributed by atoms with van der Waals surface area (Å²) in [5.41, 5.74) is 0.536. The van der Waals surface area contributed by atoms with Crippen LogP contribution in [0.4, 0.5) is 14.5 Å². The van der Waals surface area contributed by atoms with Crippen molar-refractivity contribution in [1.29, 1.82) is 0 Å². The average molecular weight is 295 g/mol. The second kappa shape index (κ2) is 5.90. The molecule has 2 rings (SSSR count). The SMILES string of the molecule is COC(=O)c1cc(NC(C)c2cnn(C)c2)c(F)cc1F. The molecule has 1 unspecified atom stereocenters. The van der Waals surface area contributed by atoms with E-state index in [-0.39, 0.29) is 17.3 Å². The predicted molar refractivity (Wildman–Crippen MR) is 72.9 cm³/mol. The summed E-state index contributed by atoms with van der Waals surface area (Å²) in [6.45, 7) is 1.80. The summed E-state index contributed by atoms with van der Waals surface area (Å²) in [5.74, 6) is -2.60. The van der Waals surface area contributed by atoms with Crippen LogP contribution in [0.1, 0.15) is 28.9 Å². The normalized spacial score (nSPS) is 12.0. The number of aryl methyl sites for hydroxylation is 1. The Kier molecular flexibility index (Phi) is 4.21. The molecule has 0 fully saturated rings. The molecule has 21 heavy (non-hydrogen) atoms. The van der Waals surface area contributed by atoms with E-state index in [0.29, 0.717) is 6.07 Å². The number of rotatable bonds is 4. The Bertz CT molecular complexity index is 670. The van der Waals surface area contributed by atoms with Gasteiger partial charge in [0.2, 0.25) is 0 Å². The quantitative estimate of drug-likeness (QED) is 0.881. The molecule has 0 spiro atoms. The van der Waals surface area contributed by atoms with Gasteiger partial charge in [-0.05, 0) is 13.0 Å². The monoisotopic (exact) mass is 295 g/mol. The first-order chi connectivity index (χ1) is 9.92. The van der Waals surface area contributed by atoms with E-state index in [0.717, 1.165) is 18.7 Å². The van der Waals surface area contributed by atoms with Crippen LogP contribution in [0.3, 0.4) is 0 Å². The van der Waals surface area contributed by atoms with E-state index in [1.54, 1.807) is 31.0 Å². The third kappa shape index (κ3) is 3.18. The number of nitrogens with one attached hydrogen (secondary N) is 1. The van der Waals surface area contributed by atoms with Crippen LogP contribution in [0.5, 0.6) is 0 Å². The summed E-state index contributed by atoms with van der Waals surface area (Å²) < 4.78 is 33.4. The van der Waals surface area contributed by atoms with Gasteiger partial charge in [-0.2, -0.15) is 5.10 Å². The zero-order chi connectivity index (χ0) is 15.6. The zero-order valence-corrected chi connectivity index (χ0v) is 11.9. The Balaban J connectivity index is 2.29.